The topological polar surface area (TPSA) is 165 Å². The number of ether oxygens (including phenoxy) is 2. The average molecular weight is 586 g/mol. The molecule has 224 valence electrons. The van der Waals surface area contributed by atoms with Crippen LogP contribution in [0.25, 0.3) is 21.8 Å². The highest BCUT2D eigenvalue weighted by Gasteiger charge is 2.32. The molecule has 4 aromatic heterocycles. The van der Waals surface area contributed by atoms with Gasteiger partial charge in [0.05, 0.1) is 40.5 Å². The molecule has 0 unspecified atom stereocenters. The quantitative estimate of drug-likeness (QED) is 0.257. The van der Waals surface area contributed by atoms with Gasteiger partial charge in [0, 0.05) is 39.4 Å². The van der Waals surface area contributed by atoms with Gasteiger partial charge in [-0.05, 0) is 45.7 Å². The number of pyridine rings is 1. The molecule has 1 aliphatic rings. The SMILES string of the molecule is Cc1ccc2[nH]ncc2c1Oc1nc(N2CC[C@@H](N(C)C(=O)OC(C)(C)C)C2)cc2nc(Nc3cnn(C)c3)nc(N)c12. The number of hydrogen-bond donors (Lipinski definition) is 3. The van der Waals surface area contributed by atoms with E-state index < -0.39 is 5.60 Å². The maximum atomic E-state index is 12.8. The molecule has 43 heavy (non-hydrogen) atoms. The minimum absolute atomic E-state index is 0.0584. The number of amides is 1. The molecule has 14 nitrogen and oxygen atoms in total. The summed E-state index contributed by atoms with van der Waals surface area (Å²) in [5.74, 6) is 2.06. The van der Waals surface area contributed by atoms with Crippen molar-refractivity contribution >= 4 is 51.2 Å². The molecule has 0 saturated carbocycles. The van der Waals surface area contributed by atoms with Crippen LogP contribution in [-0.4, -0.2) is 77.7 Å². The molecular weight excluding hydrogens is 550 g/mol. The Morgan fingerprint density at radius 1 is 1.21 bits per heavy atom. The third-order valence-corrected chi connectivity index (χ3v) is 7.31. The number of anilines is 4. The van der Waals surface area contributed by atoms with Crippen molar-refractivity contribution in [2.75, 3.05) is 36.1 Å². The fourth-order valence-corrected chi connectivity index (χ4v) is 5.12. The number of aromatic nitrogens is 7. The van der Waals surface area contributed by atoms with E-state index in [9.17, 15) is 4.79 Å². The Morgan fingerprint density at radius 2 is 2.02 bits per heavy atom. The Labute approximate surface area is 248 Å². The van der Waals surface area contributed by atoms with Crippen molar-refractivity contribution in [2.24, 2.45) is 7.05 Å². The lowest BCUT2D eigenvalue weighted by Gasteiger charge is -2.28. The average Bonchev–Trinajstić information content (AvgIpc) is 3.70. The molecule has 1 atom stereocenters. The maximum Gasteiger partial charge on any atom is 0.410 e. The first-order chi connectivity index (χ1) is 20.4. The molecule has 5 aromatic rings. The van der Waals surface area contributed by atoms with E-state index in [0.29, 0.717) is 41.5 Å². The highest BCUT2D eigenvalue weighted by atomic mass is 16.6. The van der Waals surface area contributed by atoms with Crippen LogP contribution in [-0.2, 0) is 11.8 Å². The summed E-state index contributed by atoms with van der Waals surface area (Å²) in [4.78, 5) is 30.7. The minimum Gasteiger partial charge on any atom is -0.444 e. The van der Waals surface area contributed by atoms with Crippen molar-refractivity contribution in [2.45, 2.75) is 45.8 Å². The molecule has 1 amide bonds. The van der Waals surface area contributed by atoms with Crippen molar-refractivity contribution < 1.29 is 14.3 Å². The molecular formula is C29H35N11O3. The van der Waals surface area contributed by atoms with E-state index in [4.69, 9.17) is 25.2 Å². The Balaban J connectivity index is 1.39. The van der Waals surface area contributed by atoms with E-state index in [1.54, 1.807) is 29.0 Å². The van der Waals surface area contributed by atoms with Gasteiger partial charge < -0.3 is 30.3 Å². The lowest BCUT2D eigenvalue weighted by Crippen LogP contribution is -2.42. The number of hydrogen-bond acceptors (Lipinski definition) is 11. The highest BCUT2D eigenvalue weighted by molar-refractivity contribution is 5.96. The summed E-state index contributed by atoms with van der Waals surface area (Å²) in [7, 11) is 3.59. The van der Waals surface area contributed by atoms with Crippen molar-refractivity contribution in [3.8, 4) is 11.6 Å². The van der Waals surface area contributed by atoms with Crippen LogP contribution in [0.4, 0.5) is 28.1 Å². The summed E-state index contributed by atoms with van der Waals surface area (Å²) in [5.41, 5.74) is 8.97. The zero-order valence-electron chi connectivity index (χ0n) is 25.0. The van der Waals surface area contributed by atoms with Gasteiger partial charge in [0.1, 0.15) is 28.4 Å². The van der Waals surface area contributed by atoms with E-state index in [1.165, 1.54) is 0 Å². The molecule has 0 spiro atoms. The van der Waals surface area contributed by atoms with Crippen molar-refractivity contribution in [1.29, 1.82) is 0 Å². The van der Waals surface area contributed by atoms with Gasteiger partial charge in [-0.25, -0.2) is 9.78 Å². The second-order valence-corrected chi connectivity index (χ2v) is 11.8. The molecule has 14 heteroatoms. The Hall–Kier alpha value is -5.14. The predicted octanol–water partition coefficient (Wildman–Crippen LogP) is 4.51. The van der Waals surface area contributed by atoms with E-state index >= 15 is 0 Å². The Kier molecular flexibility index (Phi) is 6.90. The normalized spacial score (nSPS) is 15.3. The number of nitrogens with one attached hydrogen (secondary N) is 2. The van der Waals surface area contributed by atoms with Gasteiger partial charge in [-0.3, -0.25) is 9.78 Å². The molecule has 1 saturated heterocycles. The van der Waals surface area contributed by atoms with Crippen molar-refractivity contribution in [3.63, 3.8) is 0 Å². The fourth-order valence-electron chi connectivity index (χ4n) is 5.12. The number of rotatable bonds is 6. The first-order valence-corrected chi connectivity index (χ1v) is 14.0. The third kappa shape index (κ3) is 5.67. The summed E-state index contributed by atoms with van der Waals surface area (Å²) in [5, 5.41) is 15.8. The first kappa shape index (κ1) is 28.0. The van der Waals surface area contributed by atoms with Crippen LogP contribution in [0.2, 0.25) is 0 Å². The van der Waals surface area contributed by atoms with Gasteiger partial charge in [0.25, 0.3) is 0 Å². The minimum atomic E-state index is -0.576. The van der Waals surface area contributed by atoms with Gasteiger partial charge in [0.2, 0.25) is 11.8 Å². The number of fused-ring (bicyclic) bond motifs is 2. The molecule has 4 N–H and O–H groups in total. The van der Waals surface area contributed by atoms with Gasteiger partial charge in [-0.1, -0.05) is 6.07 Å². The zero-order chi connectivity index (χ0) is 30.5. The molecule has 6 rings (SSSR count). The highest BCUT2D eigenvalue weighted by Crippen LogP contribution is 2.39. The van der Waals surface area contributed by atoms with Gasteiger partial charge >= 0.3 is 6.09 Å². The monoisotopic (exact) mass is 585 g/mol. The van der Waals surface area contributed by atoms with Gasteiger partial charge in [0.15, 0.2) is 0 Å². The van der Waals surface area contributed by atoms with E-state index in [2.05, 4.69) is 30.5 Å². The van der Waals surface area contributed by atoms with Gasteiger partial charge in [-0.15, -0.1) is 0 Å². The van der Waals surface area contributed by atoms with Crippen LogP contribution in [0.5, 0.6) is 11.6 Å². The number of aromatic amines is 1. The third-order valence-electron chi connectivity index (χ3n) is 7.31. The molecule has 1 aliphatic heterocycles. The number of carbonyl (C=O) groups is 1. The van der Waals surface area contributed by atoms with E-state index in [1.807, 2.05) is 59.1 Å². The Morgan fingerprint density at radius 3 is 2.77 bits per heavy atom. The predicted molar refractivity (Wildman–Crippen MR) is 164 cm³/mol. The summed E-state index contributed by atoms with van der Waals surface area (Å²) in [6.07, 6.45) is 5.60. The van der Waals surface area contributed by atoms with Crippen molar-refractivity contribution in [1.82, 2.24) is 39.8 Å². The lowest BCUT2D eigenvalue weighted by atomic mass is 10.1. The van der Waals surface area contributed by atoms with Crippen LogP contribution in [0.3, 0.4) is 0 Å². The second kappa shape index (κ2) is 10.6. The largest absolute Gasteiger partial charge is 0.444 e. The number of H-pyrrole nitrogens is 1. The molecule has 0 bridgehead atoms. The molecule has 1 aromatic carbocycles. The number of benzene rings is 1. The molecule has 0 radical (unpaired) electrons. The number of nitrogens with two attached hydrogens (primary N) is 1. The second-order valence-electron chi connectivity index (χ2n) is 11.8. The van der Waals surface area contributed by atoms with Crippen LogP contribution in [0.15, 0.2) is 36.8 Å². The van der Waals surface area contributed by atoms with E-state index in [0.717, 1.165) is 28.6 Å². The van der Waals surface area contributed by atoms with Crippen LogP contribution >= 0.6 is 0 Å². The molecule has 5 heterocycles. The lowest BCUT2D eigenvalue weighted by molar-refractivity contribution is 0.0238. The Bertz CT molecular complexity index is 1820. The number of nitrogen functional groups attached to an aromatic ring is 1. The standard InChI is InChI=1S/C29H35N11O3/c1-16-7-8-20-19(13-31-37-20)24(16)42-26-23-21(34-27(36-25(23)30)33-17-12-32-38(5)14-17)11-22(35-26)40-10-9-18(15-40)39(6)28(41)43-29(2,3)4/h7-8,11-14,18H,9-10,15H2,1-6H3,(H,31,37)(H3,30,33,34,36)/t18-/m1/s1. The molecule has 1 fully saturated rings. The summed E-state index contributed by atoms with van der Waals surface area (Å²) >= 11 is 0. The van der Waals surface area contributed by atoms with Gasteiger partial charge in [-0.2, -0.15) is 20.2 Å². The maximum absolute atomic E-state index is 12.8. The number of nitrogens with zero attached hydrogens (tertiary/aromatic N) is 8. The van der Waals surface area contributed by atoms with Crippen LogP contribution < -0.4 is 20.7 Å². The molecule has 0 aliphatic carbocycles. The number of aryl methyl sites for hydroxylation is 2. The van der Waals surface area contributed by atoms with E-state index in [-0.39, 0.29) is 23.8 Å². The number of carbonyl (C=O) groups excluding carboxylic acids is 1. The first-order valence-electron chi connectivity index (χ1n) is 14.0. The van der Waals surface area contributed by atoms with Crippen LogP contribution in [0, 0.1) is 6.92 Å². The zero-order valence-corrected chi connectivity index (χ0v) is 25.0. The van der Waals surface area contributed by atoms with Crippen molar-refractivity contribution in [3.05, 3.63) is 42.4 Å². The summed E-state index contributed by atoms with van der Waals surface area (Å²) in [6.45, 7) is 8.77. The van der Waals surface area contributed by atoms with Crippen LogP contribution in [0.1, 0.15) is 32.8 Å². The number of likely N-dealkylation sites (N-methyl/N-ethyl adjacent to an activating group) is 1. The fraction of sp³-hybridized carbons (Fsp3) is 0.379. The summed E-state index contributed by atoms with van der Waals surface area (Å²) in [6, 6.07) is 5.72. The smallest absolute Gasteiger partial charge is 0.410 e. The summed E-state index contributed by atoms with van der Waals surface area (Å²) < 4.78 is 13.8.